The average molecular weight is 427 g/mol. The number of aromatic amines is 2. The molecule has 1 amide bonds. The van der Waals surface area contributed by atoms with Crippen LogP contribution >= 0.6 is 35.3 Å². The van der Waals surface area contributed by atoms with Crippen LogP contribution in [0, 0.1) is 5.92 Å². The maximum Gasteiger partial charge on any atom is 0.359 e. The largest absolute Gasteiger partial charge is 0.477 e. The second-order valence-electron chi connectivity index (χ2n) is 5.97. The van der Waals surface area contributed by atoms with Crippen LogP contribution in [0.25, 0.3) is 11.2 Å². The van der Waals surface area contributed by atoms with E-state index in [1.165, 1.54) is 40.2 Å². The van der Waals surface area contributed by atoms with Crippen molar-refractivity contribution in [2.45, 2.75) is 23.6 Å². The molecule has 3 atom stereocenters. The number of β-lactam (4-membered cyclic amide) rings is 1. The monoisotopic (exact) mass is 426 g/mol. The van der Waals surface area contributed by atoms with E-state index in [2.05, 4.69) is 19.9 Å². The number of H-pyrrole nitrogens is 2. The van der Waals surface area contributed by atoms with Crippen LogP contribution < -0.4 is 4.98 Å². The summed E-state index contributed by atoms with van der Waals surface area (Å²) in [5.74, 6) is -0.616. The molecule has 4 rings (SSSR count). The van der Waals surface area contributed by atoms with Gasteiger partial charge in [0.25, 0.3) is 5.65 Å². The molecule has 0 saturated carbocycles. The number of carbonyl (C=O) groups excluding carboxylic acids is 1. The molecule has 2 aromatic rings. The van der Waals surface area contributed by atoms with Gasteiger partial charge >= 0.3 is 11.1 Å². The Labute approximate surface area is 166 Å². The molecule has 1 saturated heterocycles. The lowest BCUT2D eigenvalue weighted by Gasteiger charge is -2.43. The molecule has 2 aliphatic heterocycles. The summed E-state index contributed by atoms with van der Waals surface area (Å²) in [6.07, 6.45) is 2.59. The number of nitrogens with one attached hydrogen (secondary N) is 2. The van der Waals surface area contributed by atoms with E-state index < -0.39 is 18.0 Å². The smallest absolute Gasteiger partial charge is 0.359 e. The predicted octanol–water partition coefficient (Wildman–Crippen LogP) is 0.763. The second kappa shape index (κ2) is 7.34. The minimum Gasteiger partial charge on any atom is -0.477 e. The Kier molecular flexibility index (Phi) is 5.05. The average Bonchev–Trinajstić information content (AvgIpc) is 3.20. The zero-order valence-corrected chi connectivity index (χ0v) is 16.5. The van der Waals surface area contributed by atoms with Crippen LogP contribution in [0.2, 0.25) is 0 Å². The van der Waals surface area contributed by atoms with E-state index in [9.17, 15) is 19.8 Å². The SMILES string of the molecule is CC(O)[C@H]1C(=O)N2C(C(=O)O)=C(SCCSc3nc4nc[nH]c4c[nH+]3)S[C@H]12. The molecular formula is C15H16N5O4S3+. The van der Waals surface area contributed by atoms with Gasteiger partial charge in [-0.3, -0.25) is 9.69 Å². The lowest BCUT2D eigenvalue weighted by atomic mass is 9.92. The fourth-order valence-electron chi connectivity index (χ4n) is 2.95. The molecule has 0 radical (unpaired) electrons. The molecule has 4 heterocycles. The second-order valence-corrected chi connectivity index (χ2v) is 9.54. The number of rotatable bonds is 7. The first-order valence-corrected chi connectivity index (χ1v) is 10.9. The van der Waals surface area contributed by atoms with Crippen molar-refractivity contribution in [3.05, 3.63) is 22.5 Å². The fourth-order valence-corrected chi connectivity index (χ4v) is 6.75. The maximum atomic E-state index is 12.2. The molecule has 0 aromatic carbocycles. The van der Waals surface area contributed by atoms with Crippen LogP contribution in [0.15, 0.2) is 27.6 Å². The number of hydrogen-bond acceptors (Lipinski definition) is 8. The normalized spacial score (nSPS) is 22.9. The Hall–Kier alpha value is -1.76. The number of imidazole rings is 1. The number of nitrogens with zero attached hydrogens (tertiary/aromatic N) is 3. The number of carbonyl (C=O) groups is 2. The van der Waals surface area contributed by atoms with Gasteiger partial charge in [-0.25, -0.2) is 9.78 Å². The summed E-state index contributed by atoms with van der Waals surface area (Å²) >= 11 is 4.27. The Morgan fingerprint density at radius 3 is 3.00 bits per heavy atom. The highest BCUT2D eigenvalue weighted by atomic mass is 32.2. The zero-order chi connectivity index (χ0) is 19.1. The van der Waals surface area contributed by atoms with Gasteiger partial charge in [-0.15, -0.1) is 11.8 Å². The standard InChI is InChI=1S/C15H15N5O4S3/c1-6(21)8-11(22)20-9(13(23)24)14(27-12(8)20)25-2-3-26-15-16-4-7-10(19-15)18-5-17-7/h4-6,8,12,21H,2-3H2,1H3,(H,23,24)(H,16,17,18,19)/p+1/t6?,8-,12+/m0/s1. The van der Waals surface area contributed by atoms with Crippen LogP contribution in [-0.2, 0) is 9.59 Å². The van der Waals surface area contributed by atoms with Crippen molar-refractivity contribution in [3.63, 3.8) is 0 Å². The zero-order valence-electron chi connectivity index (χ0n) is 14.1. The highest BCUT2D eigenvalue weighted by molar-refractivity contribution is 8.23. The van der Waals surface area contributed by atoms with Gasteiger partial charge in [-0.05, 0) is 23.7 Å². The summed E-state index contributed by atoms with van der Waals surface area (Å²) in [7, 11) is 0. The van der Waals surface area contributed by atoms with E-state index in [0.717, 1.165) is 10.7 Å². The number of aliphatic carboxylic acids is 1. The molecule has 1 unspecified atom stereocenters. The van der Waals surface area contributed by atoms with E-state index in [1.54, 1.807) is 19.4 Å². The first kappa shape index (κ1) is 18.6. The first-order valence-electron chi connectivity index (χ1n) is 8.10. The van der Waals surface area contributed by atoms with Crippen LogP contribution in [0.5, 0.6) is 0 Å². The van der Waals surface area contributed by atoms with E-state index in [1.807, 2.05) is 0 Å². The number of amides is 1. The molecule has 0 spiro atoms. The summed E-state index contributed by atoms with van der Waals surface area (Å²) in [5, 5.41) is 19.6. The number of carboxylic acid groups (broad SMARTS) is 1. The van der Waals surface area contributed by atoms with E-state index in [4.69, 9.17) is 0 Å². The van der Waals surface area contributed by atoms with E-state index in [0.29, 0.717) is 21.4 Å². The molecule has 2 aromatic heterocycles. The number of aliphatic hydroxyl groups is 1. The summed E-state index contributed by atoms with van der Waals surface area (Å²) < 4.78 is 0.615. The van der Waals surface area contributed by atoms with Gasteiger partial charge in [0.15, 0.2) is 11.2 Å². The van der Waals surface area contributed by atoms with Gasteiger partial charge in [0.2, 0.25) is 5.91 Å². The molecule has 1 fully saturated rings. The number of fused-ring (bicyclic) bond motifs is 2. The van der Waals surface area contributed by atoms with Crippen LogP contribution in [0.4, 0.5) is 0 Å². The van der Waals surface area contributed by atoms with Crippen LogP contribution in [-0.4, -0.2) is 64.9 Å². The number of aromatic nitrogens is 4. The molecule has 2 aliphatic rings. The molecule has 0 bridgehead atoms. The van der Waals surface area contributed by atoms with Gasteiger partial charge in [-0.2, -0.15) is 4.98 Å². The van der Waals surface area contributed by atoms with E-state index >= 15 is 0 Å². The Morgan fingerprint density at radius 1 is 1.48 bits per heavy atom. The first-order chi connectivity index (χ1) is 13.0. The van der Waals surface area contributed by atoms with Crippen molar-refractivity contribution < 1.29 is 24.8 Å². The van der Waals surface area contributed by atoms with Crippen molar-refractivity contribution in [3.8, 4) is 0 Å². The van der Waals surface area contributed by atoms with Crippen molar-refractivity contribution in [1.29, 1.82) is 0 Å². The third-order valence-electron chi connectivity index (χ3n) is 4.22. The number of carboxylic acids is 1. The van der Waals surface area contributed by atoms with Gasteiger partial charge < -0.3 is 15.2 Å². The van der Waals surface area contributed by atoms with Crippen LogP contribution in [0.3, 0.4) is 0 Å². The van der Waals surface area contributed by atoms with Gasteiger partial charge in [0.05, 0.1) is 22.6 Å². The third-order valence-corrected chi connectivity index (χ3v) is 8.03. The van der Waals surface area contributed by atoms with Crippen molar-refractivity contribution in [2.75, 3.05) is 11.5 Å². The highest BCUT2D eigenvalue weighted by Crippen LogP contribution is 2.53. The topological polar surface area (TPSA) is 134 Å². The number of thioether (sulfide) groups is 3. The maximum absolute atomic E-state index is 12.2. The summed E-state index contributed by atoms with van der Waals surface area (Å²) in [5.41, 5.74) is 1.50. The predicted molar refractivity (Wildman–Crippen MR) is 102 cm³/mol. The minimum absolute atomic E-state index is 0.0320. The van der Waals surface area contributed by atoms with Gasteiger partial charge in [0, 0.05) is 11.5 Å². The summed E-state index contributed by atoms with van der Waals surface area (Å²) in [6.45, 7) is 1.56. The molecule has 27 heavy (non-hydrogen) atoms. The third kappa shape index (κ3) is 3.30. The molecule has 0 aliphatic carbocycles. The fraction of sp³-hybridized carbons (Fsp3) is 0.400. The van der Waals surface area contributed by atoms with Crippen molar-refractivity contribution in [1.82, 2.24) is 19.9 Å². The Balaban J connectivity index is 1.37. The van der Waals surface area contributed by atoms with Crippen molar-refractivity contribution in [2.24, 2.45) is 5.92 Å². The summed E-state index contributed by atoms with van der Waals surface area (Å²) in [4.78, 5) is 39.6. The Bertz CT molecular complexity index is 946. The molecule has 142 valence electrons. The van der Waals surface area contributed by atoms with E-state index in [-0.39, 0.29) is 17.0 Å². The van der Waals surface area contributed by atoms with Crippen LogP contribution in [0.1, 0.15) is 6.92 Å². The van der Waals surface area contributed by atoms with Gasteiger partial charge in [0.1, 0.15) is 11.6 Å². The lowest BCUT2D eigenvalue weighted by molar-refractivity contribution is -0.431. The lowest BCUT2D eigenvalue weighted by Crippen LogP contribution is -2.60. The molecular weight excluding hydrogens is 410 g/mol. The Morgan fingerprint density at radius 2 is 2.26 bits per heavy atom. The number of aliphatic hydroxyl groups excluding tert-OH is 1. The minimum atomic E-state index is -1.11. The van der Waals surface area contributed by atoms with Gasteiger partial charge in [-0.1, -0.05) is 11.8 Å². The quantitative estimate of drug-likeness (QED) is 0.254. The number of hydrogen-bond donors (Lipinski definition) is 3. The van der Waals surface area contributed by atoms with Crippen molar-refractivity contribution >= 4 is 58.3 Å². The molecule has 9 nitrogen and oxygen atoms in total. The molecule has 4 N–H and O–H groups in total. The summed E-state index contributed by atoms with van der Waals surface area (Å²) in [6, 6.07) is 0. The highest BCUT2D eigenvalue weighted by Gasteiger charge is 2.57. The molecule has 12 heteroatoms.